The first kappa shape index (κ1) is 20.1. The molecule has 0 spiro atoms. The molecule has 2 amide bonds. The predicted octanol–water partition coefficient (Wildman–Crippen LogP) is 3.14. The van der Waals surface area contributed by atoms with Crippen molar-refractivity contribution in [2.45, 2.75) is 45.8 Å². The van der Waals surface area contributed by atoms with Crippen molar-refractivity contribution in [3.63, 3.8) is 0 Å². The highest BCUT2D eigenvalue weighted by Crippen LogP contribution is 2.20. The average Bonchev–Trinajstić information content (AvgIpc) is 2.43. The fraction of sp³-hybridized carbons (Fsp3) is 0.529. The van der Waals surface area contributed by atoms with Gasteiger partial charge in [0.25, 0.3) is 5.91 Å². The summed E-state index contributed by atoms with van der Waals surface area (Å²) >= 11 is 5.82. The van der Waals surface area contributed by atoms with E-state index in [0.29, 0.717) is 10.8 Å². The van der Waals surface area contributed by atoms with Gasteiger partial charge in [0, 0.05) is 18.1 Å². The van der Waals surface area contributed by atoms with Crippen LogP contribution >= 0.6 is 11.6 Å². The van der Waals surface area contributed by atoms with Gasteiger partial charge in [0.05, 0.1) is 0 Å². The van der Waals surface area contributed by atoms with E-state index in [2.05, 4.69) is 10.6 Å². The van der Waals surface area contributed by atoms with Gasteiger partial charge in [-0.05, 0) is 58.9 Å². The molecule has 0 aliphatic rings. The van der Waals surface area contributed by atoms with E-state index in [-0.39, 0.29) is 19.0 Å². The summed E-state index contributed by atoms with van der Waals surface area (Å²) in [5.41, 5.74) is -1.61. The third-order valence-electron chi connectivity index (χ3n) is 2.81. The minimum atomic E-state index is -1.06. The van der Waals surface area contributed by atoms with Crippen LogP contribution in [0.3, 0.4) is 0 Å². The summed E-state index contributed by atoms with van der Waals surface area (Å²) in [6, 6.07) is 6.77. The van der Waals surface area contributed by atoms with E-state index in [9.17, 15) is 9.59 Å². The second-order valence-electron chi connectivity index (χ2n) is 6.75. The molecular formula is C17H25ClN2O4. The van der Waals surface area contributed by atoms with Crippen LogP contribution in [-0.2, 0) is 9.53 Å². The van der Waals surface area contributed by atoms with E-state index in [0.717, 1.165) is 0 Å². The smallest absolute Gasteiger partial charge is 0.407 e. The minimum Gasteiger partial charge on any atom is -0.478 e. The quantitative estimate of drug-likeness (QED) is 0.768. The number of halogens is 1. The van der Waals surface area contributed by atoms with E-state index < -0.39 is 17.3 Å². The van der Waals surface area contributed by atoms with E-state index >= 15 is 0 Å². The SMILES string of the molecule is CC(C)(C)OC(=O)NCCNC(=O)C(C)(C)Oc1ccc(Cl)cc1. The topological polar surface area (TPSA) is 76.7 Å². The second-order valence-corrected chi connectivity index (χ2v) is 7.19. The maximum atomic E-state index is 12.2. The molecule has 1 aromatic rings. The molecule has 0 aliphatic heterocycles. The average molecular weight is 357 g/mol. The molecule has 1 rings (SSSR count). The molecule has 0 bridgehead atoms. The second kappa shape index (κ2) is 8.24. The molecule has 0 saturated carbocycles. The van der Waals surface area contributed by atoms with Crippen LogP contribution in [0.25, 0.3) is 0 Å². The first-order valence-corrected chi connectivity index (χ1v) is 8.07. The number of carbonyl (C=O) groups is 2. The van der Waals surface area contributed by atoms with Gasteiger partial charge in [0.1, 0.15) is 11.4 Å². The molecule has 0 unspecified atom stereocenters. The van der Waals surface area contributed by atoms with Crippen molar-refractivity contribution in [1.29, 1.82) is 0 Å². The molecule has 6 nitrogen and oxygen atoms in total. The van der Waals surface area contributed by atoms with Crippen LogP contribution in [0.5, 0.6) is 5.75 Å². The number of nitrogens with one attached hydrogen (secondary N) is 2. The van der Waals surface area contributed by atoms with Crippen LogP contribution in [0, 0.1) is 0 Å². The van der Waals surface area contributed by atoms with Crippen molar-refractivity contribution >= 4 is 23.6 Å². The summed E-state index contributed by atoms with van der Waals surface area (Å²) in [4.78, 5) is 23.7. The number of benzene rings is 1. The van der Waals surface area contributed by atoms with Gasteiger partial charge in [-0.25, -0.2) is 4.79 Å². The van der Waals surface area contributed by atoms with Crippen LogP contribution in [0.4, 0.5) is 4.79 Å². The lowest BCUT2D eigenvalue weighted by Gasteiger charge is -2.25. The molecule has 0 aromatic heterocycles. The molecule has 0 atom stereocenters. The van der Waals surface area contributed by atoms with E-state index in [1.807, 2.05) is 0 Å². The van der Waals surface area contributed by atoms with Gasteiger partial charge < -0.3 is 20.1 Å². The summed E-state index contributed by atoms with van der Waals surface area (Å²) in [5.74, 6) is 0.259. The third-order valence-corrected chi connectivity index (χ3v) is 3.06. The lowest BCUT2D eigenvalue weighted by atomic mass is 10.1. The molecule has 134 valence electrons. The van der Waals surface area contributed by atoms with Crippen molar-refractivity contribution < 1.29 is 19.1 Å². The number of rotatable bonds is 6. The zero-order chi connectivity index (χ0) is 18.4. The van der Waals surface area contributed by atoms with Gasteiger partial charge in [-0.2, -0.15) is 0 Å². The Labute approximate surface area is 147 Å². The Kier molecular flexibility index (Phi) is 6.90. The van der Waals surface area contributed by atoms with E-state index in [4.69, 9.17) is 21.1 Å². The largest absolute Gasteiger partial charge is 0.478 e. The zero-order valence-electron chi connectivity index (χ0n) is 14.7. The Morgan fingerprint density at radius 2 is 1.54 bits per heavy atom. The standard InChI is InChI=1S/C17H25ClN2O4/c1-16(2,3)24-15(22)20-11-10-19-14(21)17(4,5)23-13-8-6-12(18)7-9-13/h6-9H,10-11H2,1-5H3,(H,19,21)(H,20,22). The molecule has 0 aliphatic carbocycles. The molecule has 24 heavy (non-hydrogen) atoms. The molecule has 0 saturated heterocycles. The molecule has 1 aromatic carbocycles. The monoisotopic (exact) mass is 356 g/mol. The fourth-order valence-corrected chi connectivity index (χ4v) is 1.84. The number of alkyl carbamates (subject to hydrolysis) is 1. The van der Waals surface area contributed by atoms with Crippen LogP contribution in [0.1, 0.15) is 34.6 Å². The van der Waals surface area contributed by atoms with Crippen molar-refractivity contribution in [1.82, 2.24) is 10.6 Å². The maximum Gasteiger partial charge on any atom is 0.407 e. The lowest BCUT2D eigenvalue weighted by molar-refractivity contribution is -0.134. The molecule has 2 N–H and O–H groups in total. The van der Waals surface area contributed by atoms with Crippen molar-refractivity contribution in [2.24, 2.45) is 0 Å². The number of hydrogen-bond donors (Lipinski definition) is 2. The summed E-state index contributed by atoms with van der Waals surface area (Å²) < 4.78 is 10.8. The van der Waals surface area contributed by atoms with Gasteiger partial charge in [-0.1, -0.05) is 11.6 Å². The molecular weight excluding hydrogens is 332 g/mol. The van der Waals surface area contributed by atoms with Crippen molar-refractivity contribution in [2.75, 3.05) is 13.1 Å². The molecule has 0 radical (unpaired) electrons. The summed E-state index contributed by atoms with van der Waals surface area (Å²) in [7, 11) is 0. The molecule has 7 heteroatoms. The van der Waals surface area contributed by atoms with Gasteiger partial charge >= 0.3 is 6.09 Å². The van der Waals surface area contributed by atoms with Crippen LogP contribution in [0.2, 0.25) is 5.02 Å². The highest BCUT2D eigenvalue weighted by Gasteiger charge is 2.29. The van der Waals surface area contributed by atoms with Crippen LogP contribution in [-0.4, -0.2) is 36.3 Å². The number of hydrogen-bond acceptors (Lipinski definition) is 4. The van der Waals surface area contributed by atoms with Gasteiger partial charge in [0.15, 0.2) is 5.60 Å². The Hall–Kier alpha value is -1.95. The van der Waals surface area contributed by atoms with Crippen molar-refractivity contribution in [3.8, 4) is 5.75 Å². The Morgan fingerprint density at radius 1 is 1.00 bits per heavy atom. The van der Waals surface area contributed by atoms with Crippen LogP contribution in [0.15, 0.2) is 24.3 Å². The Bertz CT molecular complexity index is 565. The minimum absolute atomic E-state index is 0.262. The van der Waals surface area contributed by atoms with E-state index in [1.54, 1.807) is 58.9 Å². The maximum absolute atomic E-state index is 12.2. The summed E-state index contributed by atoms with van der Waals surface area (Å²) in [6.07, 6.45) is -0.520. The number of carbonyl (C=O) groups excluding carboxylic acids is 2. The normalized spacial score (nSPS) is 11.6. The lowest BCUT2D eigenvalue weighted by Crippen LogP contribution is -2.48. The van der Waals surface area contributed by atoms with Gasteiger partial charge in [-0.15, -0.1) is 0 Å². The summed E-state index contributed by atoms with van der Waals surface area (Å²) in [6.45, 7) is 9.21. The molecule has 0 fully saturated rings. The van der Waals surface area contributed by atoms with E-state index in [1.165, 1.54) is 0 Å². The number of amides is 2. The zero-order valence-corrected chi connectivity index (χ0v) is 15.5. The van der Waals surface area contributed by atoms with Gasteiger partial charge in [0.2, 0.25) is 0 Å². The first-order chi connectivity index (χ1) is 11.0. The Morgan fingerprint density at radius 3 is 2.08 bits per heavy atom. The Balaban J connectivity index is 2.38. The highest BCUT2D eigenvalue weighted by molar-refractivity contribution is 6.30. The highest BCUT2D eigenvalue weighted by atomic mass is 35.5. The molecule has 0 heterocycles. The predicted molar refractivity (Wildman–Crippen MR) is 93.4 cm³/mol. The number of ether oxygens (including phenoxy) is 2. The van der Waals surface area contributed by atoms with Crippen LogP contribution < -0.4 is 15.4 Å². The third kappa shape index (κ3) is 7.55. The summed E-state index contributed by atoms with van der Waals surface area (Å²) in [5, 5.41) is 5.88. The van der Waals surface area contributed by atoms with Gasteiger partial charge in [-0.3, -0.25) is 4.79 Å². The first-order valence-electron chi connectivity index (χ1n) is 7.69. The van der Waals surface area contributed by atoms with Crippen molar-refractivity contribution in [3.05, 3.63) is 29.3 Å². The fourth-order valence-electron chi connectivity index (χ4n) is 1.71.